The summed E-state index contributed by atoms with van der Waals surface area (Å²) in [5.74, 6) is 1.46. The van der Waals surface area contributed by atoms with Crippen LogP contribution in [0.25, 0.3) is 6.08 Å². The van der Waals surface area contributed by atoms with Crippen molar-refractivity contribution in [2.45, 2.75) is 32.1 Å². The van der Waals surface area contributed by atoms with E-state index in [1.54, 1.807) is 13.2 Å². The van der Waals surface area contributed by atoms with Crippen molar-refractivity contribution in [3.8, 4) is 5.88 Å². The van der Waals surface area contributed by atoms with Crippen LogP contribution < -0.4 is 10.5 Å². The quantitative estimate of drug-likeness (QED) is 0.871. The summed E-state index contributed by atoms with van der Waals surface area (Å²) in [7, 11) is 1.58. The lowest BCUT2D eigenvalue weighted by Gasteiger charge is -2.17. The van der Waals surface area contributed by atoms with Gasteiger partial charge in [0, 0.05) is 6.07 Å². The third kappa shape index (κ3) is 3.44. The first-order valence-electron chi connectivity index (χ1n) is 6.14. The van der Waals surface area contributed by atoms with E-state index in [1.165, 1.54) is 32.1 Å². The van der Waals surface area contributed by atoms with Crippen molar-refractivity contribution in [2.75, 3.05) is 12.8 Å². The van der Waals surface area contributed by atoms with E-state index in [1.807, 2.05) is 6.08 Å². The standard InChI is InChI=1S/C13H19N3O/c1-17-12-9-11(15-13(14)16-12)8-7-10-5-3-2-4-6-10/h7-10H,2-6H2,1H3,(H2,14,15,16)/b8-7+. The second kappa shape index (κ2) is 5.66. The smallest absolute Gasteiger partial charge is 0.223 e. The molecule has 2 N–H and O–H groups in total. The normalized spacial score (nSPS) is 17.5. The average molecular weight is 233 g/mol. The molecule has 1 fully saturated rings. The summed E-state index contributed by atoms with van der Waals surface area (Å²) in [6.45, 7) is 0. The van der Waals surface area contributed by atoms with Crippen molar-refractivity contribution in [3.63, 3.8) is 0 Å². The van der Waals surface area contributed by atoms with E-state index < -0.39 is 0 Å². The van der Waals surface area contributed by atoms with Gasteiger partial charge in [-0.15, -0.1) is 0 Å². The van der Waals surface area contributed by atoms with E-state index in [0.717, 1.165) is 5.69 Å². The molecule has 92 valence electrons. The molecule has 0 saturated heterocycles. The second-order valence-corrected chi connectivity index (χ2v) is 4.45. The van der Waals surface area contributed by atoms with Gasteiger partial charge >= 0.3 is 0 Å². The minimum Gasteiger partial charge on any atom is -0.481 e. The summed E-state index contributed by atoms with van der Waals surface area (Å²) in [4.78, 5) is 8.12. The number of anilines is 1. The fraction of sp³-hybridized carbons (Fsp3) is 0.538. The molecule has 0 radical (unpaired) electrons. The van der Waals surface area contributed by atoms with Crippen LogP contribution in [0.4, 0.5) is 5.95 Å². The molecule has 1 heterocycles. The van der Waals surface area contributed by atoms with Gasteiger partial charge in [-0.3, -0.25) is 0 Å². The Labute approximate surface area is 102 Å². The Balaban J connectivity index is 2.06. The minimum absolute atomic E-state index is 0.257. The Kier molecular flexibility index (Phi) is 3.96. The summed E-state index contributed by atoms with van der Waals surface area (Å²) in [5, 5.41) is 0. The second-order valence-electron chi connectivity index (χ2n) is 4.45. The number of aromatic nitrogens is 2. The molecule has 1 aromatic heterocycles. The number of nitrogen functional groups attached to an aromatic ring is 1. The topological polar surface area (TPSA) is 61.0 Å². The molecule has 0 amide bonds. The molecular formula is C13H19N3O. The lowest BCUT2D eigenvalue weighted by Crippen LogP contribution is -2.03. The van der Waals surface area contributed by atoms with Crippen molar-refractivity contribution < 1.29 is 4.74 Å². The first-order valence-corrected chi connectivity index (χ1v) is 6.14. The average Bonchev–Trinajstić information content (AvgIpc) is 2.37. The predicted octanol–water partition coefficient (Wildman–Crippen LogP) is 2.66. The molecule has 4 heteroatoms. The van der Waals surface area contributed by atoms with Gasteiger partial charge in [-0.05, 0) is 24.8 Å². The van der Waals surface area contributed by atoms with Crippen LogP contribution in [0.2, 0.25) is 0 Å². The van der Waals surface area contributed by atoms with Gasteiger partial charge in [0.15, 0.2) is 0 Å². The highest BCUT2D eigenvalue weighted by Gasteiger charge is 2.10. The highest BCUT2D eigenvalue weighted by Crippen LogP contribution is 2.25. The van der Waals surface area contributed by atoms with Crippen LogP contribution in [-0.2, 0) is 0 Å². The zero-order chi connectivity index (χ0) is 12.1. The molecule has 1 aliphatic carbocycles. The Hall–Kier alpha value is -1.58. The molecule has 17 heavy (non-hydrogen) atoms. The van der Waals surface area contributed by atoms with Crippen molar-refractivity contribution in [2.24, 2.45) is 5.92 Å². The largest absolute Gasteiger partial charge is 0.481 e. The van der Waals surface area contributed by atoms with Gasteiger partial charge in [0.05, 0.1) is 12.8 Å². The third-order valence-electron chi connectivity index (χ3n) is 3.14. The number of rotatable bonds is 3. The fourth-order valence-corrected chi connectivity index (χ4v) is 2.21. The van der Waals surface area contributed by atoms with E-state index in [0.29, 0.717) is 11.8 Å². The Morgan fingerprint density at radius 3 is 2.76 bits per heavy atom. The highest BCUT2D eigenvalue weighted by molar-refractivity contribution is 5.48. The van der Waals surface area contributed by atoms with Gasteiger partial charge in [-0.1, -0.05) is 25.3 Å². The maximum absolute atomic E-state index is 5.61. The maximum atomic E-state index is 5.61. The summed E-state index contributed by atoms with van der Waals surface area (Å²) >= 11 is 0. The number of nitrogens with two attached hydrogens (primary N) is 1. The first-order chi connectivity index (χ1) is 8.28. The molecule has 0 aromatic carbocycles. The monoisotopic (exact) mass is 233 g/mol. The van der Waals surface area contributed by atoms with Gasteiger partial charge in [0.2, 0.25) is 11.8 Å². The van der Waals surface area contributed by atoms with Crippen LogP contribution in [0.1, 0.15) is 37.8 Å². The zero-order valence-electron chi connectivity index (χ0n) is 10.2. The van der Waals surface area contributed by atoms with Gasteiger partial charge in [0.1, 0.15) is 0 Å². The molecule has 2 rings (SSSR count). The molecule has 0 bridgehead atoms. The van der Waals surface area contributed by atoms with E-state index in [9.17, 15) is 0 Å². The van der Waals surface area contributed by atoms with Gasteiger partial charge in [0.25, 0.3) is 0 Å². The van der Waals surface area contributed by atoms with E-state index in [-0.39, 0.29) is 5.95 Å². The lowest BCUT2D eigenvalue weighted by atomic mass is 9.89. The Morgan fingerprint density at radius 1 is 1.29 bits per heavy atom. The molecule has 0 aliphatic heterocycles. The van der Waals surface area contributed by atoms with E-state index >= 15 is 0 Å². The van der Waals surface area contributed by atoms with Crippen molar-refractivity contribution in [1.82, 2.24) is 9.97 Å². The number of hydrogen-bond acceptors (Lipinski definition) is 4. The van der Waals surface area contributed by atoms with Gasteiger partial charge < -0.3 is 10.5 Å². The number of nitrogens with zero attached hydrogens (tertiary/aromatic N) is 2. The zero-order valence-corrected chi connectivity index (χ0v) is 10.2. The van der Waals surface area contributed by atoms with Crippen LogP contribution in [-0.4, -0.2) is 17.1 Å². The van der Waals surface area contributed by atoms with Crippen molar-refractivity contribution in [1.29, 1.82) is 0 Å². The third-order valence-corrected chi connectivity index (χ3v) is 3.14. The van der Waals surface area contributed by atoms with Crippen LogP contribution in [0.5, 0.6) is 5.88 Å². The van der Waals surface area contributed by atoms with Crippen LogP contribution in [0.3, 0.4) is 0 Å². The summed E-state index contributed by atoms with van der Waals surface area (Å²) in [5.41, 5.74) is 6.43. The number of allylic oxidation sites excluding steroid dienone is 1. The summed E-state index contributed by atoms with van der Waals surface area (Å²) in [6, 6.07) is 1.80. The molecule has 1 saturated carbocycles. The molecule has 1 aliphatic rings. The lowest BCUT2D eigenvalue weighted by molar-refractivity contribution is 0.397. The molecular weight excluding hydrogens is 214 g/mol. The fourth-order valence-electron chi connectivity index (χ4n) is 2.21. The van der Waals surface area contributed by atoms with Crippen LogP contribution in [0, 0.1) is 5.92 Å². The summed E-state index contributed by atoms with van der Waals surface area (Å²) in [6.07, 6.45) is 10.9. The Bertz CT molecular complexity index is 398. The predicted molar refractivity (Wildman–Crippen MR) is 68.6 cm³/mol. The summed E-state index contributed by atoms with van der Waals surface area (Å²) < 4.78 is 5.06. The van der Waals surface area contributed by atoms with Crippen LogP contribution in [0.15, 0.2) is 12.1 Å². The highest BCUT2D eigenvalue weighted by atomic mass is 16.5. The number of methoxy groups -OCH3 is 1. The molecule has 4 nitrogen and oxygen atoms in total. The van der Waals surface area contributed by atoms with Gasteiger partial charge in [-0.25, -0.2) is 4.98 Å². The van der Waals surface area contributed by atoms with Crippen LogP contribution >= 0.6 is 0 Å². The van der Waals surface area contributed by atoms with E-state index in [2.05, 4.69) is 16.0 Å². The number of hydrogen-bond donors (Lipinski definition) is 1. The Morgan fingerprint density at radius 2 is 2.06 bits per heavy atom. The molecule has 0 spiro atoms. The van der Waals surface area contributed by atoms with Gasteiger partial charge in [-0.2, -0.15) is 4.98 Å². The molecule has 0 unspecified atom stereocenters. The number of ether oxygens (including phenoxy) is 1. The molecule has 0 atom stereocenters. The first kappa shape index (κ1) is 11.9. The van der Waals surface area contributed by atoms with E-state index in [4.69, 9.17) is 10.5 Å². The van der Waals surface area contributed by atoms with Crippen molar-refractivity contribution in [3.05, 3.63) is 17.8 Å². The SMILES string of the molecule is COc1cc(/C=C/C2CCCCC2)nc(N)n1. The maximum Gasteiger partial charge on any atom is 0.223 e. The molecule has 1 aromatic rings. The van der Waals surface area contributed by atoms with Crippen molar-refractivity contribution >= 4 is 12.0 Å². The minimum atomic E-state index is 0.257.